The van der Waals surface area contributed by atoms with Crippen LogP contribution in [0.5, 0.6) is 5.75 Å². The Labute approximate surface area is 206 Å². The van der Waals surface area contributed by atoms with Gasteiger partial charge in [-0.15, -0.1) is 0 Å². The van der Waals surface area contributed by atoms with Crippen LogP contribution >= 0.6 is 0 Å². The van der Waals surface area contributed by atoms with Gasteiger partial charge in [0, 0.05) is 6.54 Å². The number of aryl methyl sites for hydroxylation is 1. The van der Waals surface area contributed by atoms with E-state index < -0.39 is 27.3 Å². The second kappa shape index (κ2) is 10.1. The molecule has 4 rings (SSSR count). The van der Waals surface area contributed by atoms with Gasteiger partial charge in [0.2, 0.25) is 0 Å². The van der Waals surface area contributed by atoms with Crippen molar-refractivity contribution in [1.29, 1.82) is 0 Å². The highest BCUT2D eigenvalue weighted by Gasteiger charge is 2.33. The van der Waals surface area contributed by atoms with Crippen LogP contribution in [0.15, 0.2) is 71.6 Å². The van der Waals surface area contributed by atoms with Gasteiger partial charge in [-0.05, 0) is 66.9 Å². The monoisotopic (exact) mass is 516 g/mol. The fourth-order valence-corrected chi connectivity index (χ4v) is 6.35. The minimum Gasteiger partial charge on any atom is -0.497 e. The van der Waals surface area contributed by atoms with Crippen LogP contribution in [0.3, 0.4) is 0 Å². The molecular formula is C24H24N2O7S2. The summed E-state index contributed by atoms with van der Waals surface area (Å²) in [4.78, 5) is 12.1. The minimum absolute atomic E-state index is 0.0606. The fraction of sp³-hybridized carbons (Fsp3) is 0.208. The minimum atomic E-state index is -4.14. The Morgan fingerprint density at radius 3 is 2.37 bits per heavy atom. The summed E-state index contributed by atoms with van der Waals surface area (Å²) in [5.74, 6) is -0.166. The van der Waals surface area contributed by atoms with Gasteiger partial charge in [-0.25, -0.2) is 21.7 Å². The van der Waals surface area contributed by atoms with Gasteiger partial charge in [-0.3, -0.25) is 8.86 Å². The first-order chi connectivity index (χ1) is 16.8. The van der Waals surface area contributed by atoms with Crippen LogP contribution in [0.25, 0.3) is 0 Å². The third kappa shape index (κ3) is 4.75. The average molecular weight is 517 g/mol. The molecule has 0 amide bonds. The number of esters is 1. The van der Waals surface area contributed by atoms with Crippen molar-refractivity contribution >= 4 is 44.3 Å². The van der Waals surface area contributed by atoms with Crippen molar-refractivity contribution in [3.63, 3.8) is 0 Å². The molecule has 1 unspecified atom stereocenters. The average Bonchev–Trinajstić information content (AvgIpc) is 2.88. The molecule has 35 heavy (non-hydrogen) atoms. The molecule has 9 nitrogen and oxygen atoms in total. The number of hydrogen-bond donors (Lipinski definition) is 1. The quantitative estimate of drug-likeness (QED) is 0.374. The number of carbonyl (C=O) groups excluding carboxylic acids is 1. The number of hydrogen-bond acceptors (Lipinski definition) is 6. The van der Waals surface area contributed by atoms with E-state index in [9.17, 15) is 22.0 Å². The lowest BCUT2D eigenvalue weighted by molar-refractivity contribution is 0.0596. The highest BCUT2D eigenvalue weighted by atomic mass is 32.2. The number of nitrogens with zero attached hydrogens (tertiary/aromatic N) is 2. The second-order valence-corrected chi connectivity index (χ2v) is 10.4. The zero-order chi connectivity index (χ0) is 25.2. The van der Waals surface area contributed by atoms with E-state index in [4.69, 9.17) is 9.47 Å². The van der Waals surface area contributed by atoms with Crippen LogP contribution in [-0.2, 0) is 32.4 Å². The summed E-state index contributed by atoms with van der Waals surface area (Å²) in [6.45, 7) is 0.193. The molecule has 0 saturated heterocycles. The van der Waals surface area contributed by atoms with Gasteiger partial charge in [-0.2, -0.15) is 0 Å². The normalized spacial score (nSPS) is 14.1. The molecule has 0 aliphatic carbocycles. The van der Waals surface area contributed by atoms with Gasteiger partial charge in [0.15, 0.2) is 0 Å². The third-order valence-electron chi connectivity index (χ3n) is 5.70. The van der Waals surface area contributed by atoms with Crippen LogP contribution in [0.4, 0.5) is 17.1 Å². The molecule has 3 aromatic rings. The summed E-state index contributed by atoms with van der Waals surface area (Å²) in [5.41, 5.74) is 1.86. The summed E-state index contributed by atoms with van der Waals surface area (Å²) >= 11 is -2.43. The molecule has 184 valence electrons. The number of ether oxygens (including phenoxy) is 2. The first kappa shape index (κ1) is 24.7. The van der Waals surface area contributed by atoms with Crippen molar-refractivity contribution in [2.45, 2.75) is 17.7 Å². The summed E-state index contributed by atoms with van der Waals surface area (Å²) < 4.78 is 62.2. The molecule has 11 heteroatoms. The maximum atomic E-state index is 13.7. The van der Waals surface area contributed by atoms with Crippen molar-refractivity contribution in [3.05, 3.63) is 77.9 Å². The summed E-state index contributed by atoms with van der Waals surface area (Å²) in [6, 6.07) is 17.5. The fourth-order valence-electron chi connectivity index (χ4n) is 4.04. The van der Waals surface area contributed by atoms with E-state index in [0.29, 0.717) is 35.7 Å². The molecule has 0 spiro atoms. The van der Waals surface area contributed by atoms with E-state index in [2.05, 4.69) is 0 Å². The molecule has 1 heterocycles. The summed E-state index contributed by atoms with van der Waals surface area (Å²) in [5, 5.41) is 0. The van der Waals surface area contributed by atoms with E-state index in [1.54, 1.807) is 54.6 Å². The van der Waals surface area contributed by atoms with Gasteiger partial charge >= 0.3 is 5.97 Å². The Hall–Kier alpha value is -3.41. The van der Waals surface area contributed by atoms with Crippen LogP contribution in [0, 0.1) is 0 Å². The van der Waals surface area contributed by atoms with E-state index >= 15 is 0 Å². The van der Waals surface area contributed by atoms with E-state index in [-0.39, 0.29) is 17.0 Å². The molecule has 0 saturated carbocycles. The number of anilines is 3. The Balaban J connectivity index is 1.81. The standard InChI is InChI=1S/C24H24N2O7S2/c1-32-20-13-11-18(12-14-20)26(34(28)29)19-10-9-17-6-5-15-25(22(17)16-19)35(30,31)23-8-4-3-7-21(23)24(27)33-2/h3-4,7-14,16H,5-6,15H2,1-2H3,(H,28,29). The number of sulfonamides is 1. The molecule has 1 aliphatic rings. The molecule has 1 atom stereocenters. The van der Waals surface area contributed by atoms with Crippen molar-refractivity contribution in [3.8, 4) is 5.75 Å². The maximum absolute atomic E-state index is 13.7. The number of benzene rings is 3. The van der Waals surface area contributed by atoms with Crippen LogP contribution in [0.1, 0.15) is 22.3 Å². The lowest BCUT2D eigenvalue weighted by Crippen LogP contribution is -2.36. The predicted molar refractivity (Wildman–Crippen MR) is 133 cm³/mol. The van der Waals surface area contributed by atoms with Crippen molar-refractivity contribution in [2.24, 2.45) is 0 Å². The Bertz CT molecular complexity index is 1370. The summed E-state index contributed by atoms with van der Waals surface area (Å²) in [6.07, 6.45) is 1.23. The van der Waals surface area contributed by atoms with Crippen LogP contribution in [-0.4, -0.2) is 43.9 Å². The lowest BCUT2D eigenvalue weighted by Gasteiger charge is -2.32. The Morgan fingerprint density at radius 1 is 1.03 bits per heavy atom. The summed E-state index contributed by atoms with van der Waals surface area (Å²) in [7, 11) is -1.43. The highest BCUT2D eigenvalue weighted by molar-refractivity contribution is 7.93. The number of fused-ring (bicyclic) bond motifs is 1. The van der Waals surface area contributed by atoms with Crippen molar-refractivity contribution in [1.82, 2.24) is 0 Å². The van der Waals surface area contributed by atoms with Gasteiger partial charge in [-0.1, -0.05) is 18.2 Å². The molecule has 1 N–H and O–H groups in total. The van der Waals surface area contributed by atoms with E-state index in [1.807, 2.05) is 0 Å². The van der Waals surface area contributed by atoms with Crippen molar-refractivity contribution in [2.75, 3.05) is 29.4 Å². The molecular weight excluding hydrogens is 492 g/mol. The van der Waals surface area contributed by atoms with Gasteiger partial charge in [0.25, 0.3) is 21.3 Å². The van der Waals surface area contributed by atoms with Crippen LogP contribution in [0.2, 0.25) is 0 Å². The predicted octanol–water partition coefficient (Wildman–Crippen LogP) is 3.90. The molecule has 1 aliphatic heterocycles. The van der Waals surface area contributed by atoms with Crippen LogP contribution < -0.4 is 13.3 Å². The number of methoxy groups -OCH3 is 2. The largest absolute Gasteiger partial charge is 0.497 e. The zero-order valence-electron chi connectivity index (χ0n) is 19.1. The highest BCUT2D eigenvalue weighted by Crippen LogP contribution is 2.38. The third-order valence-corrected chi connectivity index (χ3v) is 8.31. The van der Waals surface area contributed by atoms with E-state index in [0.717, 1.165) is 5.56 Å². The first-order valence-corrected chi connectivity index (χ1v) is 13.2. The smallest absolute Gasteiger partial charge is 0.339 e. The second-order valence-electron chi connectivity index (χ2n) is 7.70. The number of carbonyl (C=O) groups is 1. The topological polar surface area (TPSA) is 113 Å². The van der Waals surface area contributed by atoms with Gasteiger partial charge in [0.05, 0.1) is 36.8 Å². The molecule has 0 bridgehead atoms. The Morgan fingerprint density at radius 2 is 1.71 bits per heavy atom. The van der Waals surface area contributed by atoms with Crippen molar-refractivity contribution < 1.29 is 31.4 Å². The first-order valence-electron chi connectivity index (χ1n) is 10.7. The molecule has 3 aromatic carbocycles. The SMILES string of the molecule is COC(=O)c1ccccc1S(=O)(=O)N1CCCc2ccc(N(c3ccc(OC)cc3)S(=O)O)cc21. The maximum Gasteiger partial charge on any atom is 0.339 e. The van der Waals surface area contributed by atoms with Gasteiger partial charge in [0.1, 0.15) is 10.6 Å². The molecule has 0 radical (unpaired) electrons. The van der Waals surface area contributed by atoms with E-state index in [1.165, 1.54) is 35.0 Å². The molecule has 0 aromatic heterocycles. The van der Waals surface area contributed by atoms with Gasteiger partial charge < -0.3 is 9.47 Å². The molecule has 0 fully saturated rings. The Kier molecular flexibility index (Phi) is 7.10. The zero-order valence-corrected chi connectivity index (χ0v) is 20.7. The lowest BCUT2D eigenvalue weighted by atomic mass is 10.0. The number of rotatable bonds is 7.